The zero-order valence-corrected chi connectivity index (χ0v) is 20.6. The van der Waals surface area contributed by atoms with Crippen LogP contribution in [0.15, 0.2) is 48.5 Å². The lowest BCUT2D eigenvalue weighted by Crippen LogP contribution is -2.58. The highest BCUT2D eigenvalue weighted by atomic mass is 35.5. The van der Waals surface area contributed by atoms with Gasteiger partial charge in [0, 0.05) is 32.7 Å². The molecule has 2 aromatic rings. The molecule has 1 atom stereocenters. The standard InChI is InChI=1S/C27H34ClN3O3/c1-34-24-13-7-4-8-20(24)14-15-29-26(32)25(21-9-2-3-10-21)30-16-18-31(19-17-30)27(33)22-11-5-6-12-23(22)28/h4-8,11-13,21,25H,2-3,9-10,14-19H2,1H3,(H,29,32)/t25-/m0/s1. The molecule has 1 N–H and O–H groups in total. The molecule has 2 aromatic carbocycles. The van der Waals surface area contributed by atoms with Crippen LogP contribution in [0.5, 0.6) is 5.75 Å². The quantitative estimate of drug-likeness (QED) is 0.616. The lowest BCUT2D eigenvalue weighted by Gasteiger charge is -2.40. The predicted octanol–water partition coefficient (Wildman–Crippen LogP) is 4.02. The van der Waals surface area contributed by atoms with Crippen molar-refractivity contribution in [3.8, 4) is 5.75 Å². The van der Waals surface area contributed by atoms with Gasteiger partial charge in [0.05, 0.1) is 23.7 Å². The second kappa shape index (κ2) is 11.7. The van der Waals surface area contributed by atoms with Crippen LogP contribution in [0.25, 0.3) is 0 Å². The molecular weight excluding hydrogens is 450 g/mol. The molecule has 182 valence electrons. The second-order valence-electron chi connectivity index (χ2n) is 9.15. The first kappa shape index (κ1) is 24.6. The number of para-hydroxylation sites is 1. The van der Waals surface area contributed by atoms with Gasteiger partial charge in [0.15, 0.2) is 0 Å². The Morgan fingerprint density at radius 1 is 1.03 bits per heavy atom. The van der Waals surface area contributed by atoms with Crippen LogP contribution < -0.4 is 10.1 Å². The molecule has 6 nitrogen and oxygen atoms in total. The summed E-state index contributed by atoms with van der Waals surface area (Å²) < 4.78 is 5.43. The third-order valence-corrected chi connectivity index (χ3v) is 7.43. The van der Waals surface area contributed by atoms with E-state index in [2.05, 4.69) is 10.2 Å². The van der Waals surface area contributed by atoms with E-state index in [1.165, 1.54) is 12.8 Å². The van der Waals surface area contributed by atoms with Crippen molar-refractivity contribution >= 4 is 23.4 Å². The molecule has 1 heterocycles. The highest BCUT2D eigenvalue weighted by molar-refractivity contribution is 6.33. The summed E-state index contributed by atoms with van der Waals surface area (Å²) in [5.41, 5.74) is 1.63. The van der Waals surface area contributed by atoms with E-state index in [-0.39, 0.29) is 17.9 Å². The van der Waals surface area contributed by atoms with Gasteiger partial charge < -0.3 is 15.0 Å². The molecule has 0 aromatic heterocycles. The predicted molar refractivity (Wildman–Crippen MR) is 134 cm³/mol. The summed E-state index contributed by atoms with van der Waals surface area (Å²) in [6.45, 7) is 3.16. The van der Waals surface area contributed by atoms with Crippen molar-refractivity contribution in [1.29, 1.82) is 0 Å². The summed E-state index contributed by atoms with van der Waals surface area (Å²) in [5.74, 6) is 1.29. The molecule has 1 saturated heterocycles. The number of halogens is 1. The average Bonchev–Trinajstić information content (AvgIpc) is 3.39. The molecule has 4 rings (SSSR count). The topological polar surface area (TPSA) is 61.9 Å². The number of nitrogens with zero attached hydrogens (tertiary/aromatic N) is 2. The molecule has 2 aliphatic rings. The van der Waals surface area contributed by atoms with Crippen molar-refractivity contribution in [2.45, 2.75) is 38.1 Å². The molecule has 0 bridgehead atoms. The largest absolute Gasteiger partial charge is 0.496 e. The first-order valence-corrected chi connectivity index (χ1v) is 12.6. The summed E-state index contributed by atoms with van der Waals surface area (Å²) in [5, 5.41) is 3.67. The number of carbonyl (C=O) groups is 2. The van der Waals surface area contributed by atoms with Crippen LogP contribution in [-0.4, -0.2) is 67.5 Å². The van der Waals surface area contributed by atoms with Crippen molar-refractivity contribution < 1.29 is 14.3 Å². The van der Waals surface area contributed by atoms with Crippen LogP contribution in [0.2, 0.25) is 5.02 Å². The number of methoxy groups -OCH3 is 1. The molecule has 2 fully saturated rings. The van der Waals surface area contributed by atoms with Crippen LogP contribution in [0.4, 0.5) is 0 Å². The van der Waals surface area contributed by atoms with Crippen LogP contribution in [0, 0.1) is 5.92 Å². The first-order chi connectivity index (χ1) is 16.6. The maximum absolute atomic E-state index is 13.4. The Labute approximate surface area is 207 Å². The van der Waals surface area contributed by atoms with Crippen LogP contribution in [0.3, 0.4) is 0 Å². The molecule has 1 aliphatic carbocycles. The van der Waals surface area contributed by atoms with Crippen LogP contribution >= 0.6 is 11.6 Å². The summed E-state index contributed by atoms with van der Waals surface area (Å²) in [4.78, 5) is 30.5. The molecule has 0 spiro atoms. The summed E-state index contributed by atoms with van der Waals surface area (Å²) in [7, 11) is 1.67. The van der Waals surface area contributed by atoms with Crippen molar-refractivity contribution in [3.05, 3.63) is 64.7 Å². The van der Waals surface area contributed by atoms with E-state index in [9.17, 15) is 9.59 Å². The fraction of sp³-hybridized carbons (Fsp3) is 0.481. The highest BCUT2D eigenvalue weighted by Crippen LogP contribution is 2.31. The maximum Gasteiger partial charge on any atom is 0.255 e. The highest BCUT2D eigenvalue weighted by Gasteiger charge is 2.37. The zero-order chi connectivity index (χ0) is 23.9. The van der Waals surface area contributed by atoms with E-state index < -0.39 is 0 Å². The third kappa shape index (κ3) is 5.73. The maximum atomic E-state index is 13.4. The van der Waals surface area contributed by atoms with Gasteiger partial charge >= 0.3 is 0 Å². The van der Waals surface area contributed by atoms with E-state index in [4.69, 9.17) is 16.3 Å². The van der Waals surface area contributed by atoms with Crippen molar-refractivity contribution in [1.82, 2.24) is 15.1 Å². The zero-order valence-electron chi connectivity index (χ0n) is 19.8. The van der Waals surface area contributed by atoms with Crippen molar-refractivity contribution in [3.63, 3.8) is 0 Å². The number of hydrogen-bond donors (Lipinski definition) is 1. The van der Waals surface area contributed by atoms with E-state index in [1.54, 1.807) is 19.2 Å². The molecule has 1 saturated carbocycles. The van der Waals surface area contributed by atoms with Crippen molar-refractivity contribution in [2.75, 3.05) is 39.8 Å². The molecule has 0 unspecified atom stereocenters. The second-order valence-corrected chi connectivity index (χ2v) is 9.56. The Morgan fingerprint density at radius 3 is 2.41 bits per heavy atom. The summed E-state index contributed by atoms with van der Waals surface area (Å²) >= 11 is 6.24. The van der Waals surface area contributed by atoms with Gasteiger partial charge in [-0.15, -0.1) is 0 Å². The van der Waals surface area contributed by atoms with Crippen LogP contribution in [0.1, 0.15) is 41.6 Å². The van der Waals surface area contributed by atoms with Crippen molar-refractivity contribution in [2.24, 2.45) is 5.92 Å². The van der Waals surface area contributed by atoms with Gasteiger partial charge in [-0.05, 0) is 48.9 Å². The van der Waals surface area contributed by atoms with Gasteiger partial charge in [-0.1, -0.05) is 54.8 Å². The SMILES string of the molecule is COc1ccccc1CCNC(=O)[C@H](C1CCCC1)N1CCN(C(=O)c2ccccc2Cl)CC1. The first-order valence-electron chi connectivity index (χ1n) is 12.3. The fourth-order valence-corrected chi connectivity index (χ4v) is 5.51. The van der Waals surface area contributed by atoms with Gasteiger partial charge in [-0.2, -0.15) is 0 Å². The fourth-order valence-electron chi connectivity index (χ4n) is 5.29. The Bertz CT molecular complexity index is 985. The third-order valence-electron chi connectivity index (χ3n) is 7.10. The normalized spacial score (nSPS) is 18.0. The number of carbonyl (C=O) groups excluding carboxylic acids is 2. The minimum atomic E-state index is -0.141. The summed E-state index contributed by atoms with van der Waals surface area (Å²) in [6, 6.07) is 15.0. The number of rotatable bonds is 8. The molecule has 2 amide bonds. The molecule has 0 radical (unpaired) electrons. The number of amides is 2. The Balaban J connectivity index is 1.36. The Hall–Kier alpha value is -2.57. The smallest absolute Gasteiger partial charge is 0.255 e. The molecule has 1 aliphatic heterocycles. The van der Waals surface area contributed by atoms with Gasteiger partial charge in [0.2, 0.25) is 5.91 Å². The lowest BCUT2D eigenvalue weighted by molar-refractivity contribution is -0.129. The Morgan fingerprint density at radius 2 is 1.71 bits per heavy atom. The molecule has 7 heteroatoms. The minimum absolute atomic E-state index is 0.0380. The van der Waals surface area contributed by atoms with E-state index >= 15 is 0 Å². The average molecular weight is 484 g/mol. The number of ether oxygens (including phenoxy) is 1. The van der Waals surface area contributed by atoms with E-state index in [1.807, 2.05) is 41.3 Å². The number of benzene rings is 2. The van der Waals surface area contributed by atoms with Gasteiger partial charge in [0.25, 0.3) is 5.91 Å². The minimum Gasteiger partial charge on any atom is -0.496 e. The van der Waals surface area contributed by atoms with E-state index in [0.717, 1.165) is 30.6 Å². The number of piperazine rings is 1. The van der Waals surface area contributed by atoms with Crippen LogP contribution in [-0.2, 0) is 11.2 Å². The van der Waals surface area contributed by atoms with Gasteiger partial charge in [-0.25, -0.2) is 0 Å². The molecule has 34 heavy (non-hydrogen) atoms. The molecular formula is C27H34ClN3O3. The van der Waals surface area contributed by atoms with Gasteiger partial charge in [0.1, 0.15) is 5.75 Å². The van der Waals surface area contributed by atoms with Gasteiger partial charge in [-0.3, -0.25) is 14.5 Å². The lowest BCUT2D eigenvalue weighted by atomic mass is 9.94. The number of hydrogen-bond acceptors (Lipinski definition) is 4. The summed E-state index contributed by atoms with van der Waals surface area (Å²) in [6.07, 6.45) is 5.27. The number of nitrogens with one attached hydrogen (secondary N) is 1. The Kier molecular flexibility index (Phi) is 8.46. The monoisotopic (exact) mass is 483 g/mol. The van der Waals surface area contributed by atoms with E-state index in [0.29, 0.717) is 49.2 Å².